The lowest BCUT2D eigenvalue weighted by Crippen LogP contribution is -2.04. The van der Waals surface area contributed by atoms with Crippen LogP contribution in [0.4, 0.5) is 13.2 Å². The highest BCUT2D eigenvalue weighted by atomic mass is 19.3. The quantitative estimate of drug-likeness (QED) is 0.585. The van der Waals surface area contributed by atoms with Crippen molar-refractivity contribution in [1.82, 2.24) is 5.32 Å². The first-order valence-electron chi connectivity index (χ1n) is 2.57. The van der Waals surface area contributed by atoms with Gasteiger partial charge in [0.05, 0.1) is 0 Å². The van der Waals surface area contributed by atoms with E-state index in [9.17, 15) is 13.2 Å². The average Bonchev–Trinajstić information content (AvgIpc) is 1.68. The van der Waals surface area contributed by atoms with Crippen LogP contribution in [-0.4, -0.2) is 26.7 Å². The zero-order chi connectivity index (χ0) is 7.86. The molecule has 0 aromatic carbocycles. The highest BCUT2D eigenvalue weighted by molar-refractivity contribution is 4.45. The predicted molar refractivity (Wildman–Crippen MR) is 31.6 cm³/mol. The molecule has 0 heterocycles. The summed E-state index contributed by atoms with van der Waals surface area (Å²) in [5.41, 5.74) is 0. The number of halogens is 3. The Balaban J connectivity index is 0. The van der Waals surface area contributed by atoms with Gasteiger partial charge < -0.3 is 5.32 Å². The van der Waals surface area contributed by atoms with Gasteiger partial charge in [0.1, 0.15) is 0 Å². The lowest BCUT2D eigenvalue weighted by molar-refractivity contribution is 0.0603. The molecule has 0 amide bonds. The molecular formula is C5H12F3N. The summed E-state index contributed by atoms with van der Waals surface area (Å²) in [6.45, 7) is 0.824. The van der Waals surface area contributed by atoms with E-state index in [0.29, 0.717) is 0 Å². The number of alkyl halides is 3. The Kier molecular flexibility index (Phi) is 9.93. The van der Waals surface area contributed by atoms with E-state index in [2.05, 4.69) is 5.32 Å². The SMILES string of the molecule is CC(F)C(F)F.CNC. The maximum Gasteiger partial charge on any atom is 0.269 e. The summed E-state index contributed by atoms with van der Waals surface area (Å²) in [5.74, 6) is 0. The first-order chi connectivity index (χ1) is 4.06. The van der Waals surface area contributed by atoms with Crippen LogP contribution in [0.3, 0.4) is 0 Å². The van der Waals surface area contributed by atoms with Gasteiger partial charge >= 0.3 is 0 Å². The molecule has 4 heteroatoms. The third kappa shape index (κ3) is 18.2. The third-order valence-corrected chi connectivity index (χ3v) is 0.347. The largest absolute Gasteiger partial charge is 0.323 e. The Labute approximate surface area is 53.3 Å². The van der Waals surface area contributed by atoms with Crippen LogP contribution in [-0.2, 0) is 0 Å². The Morgan fingerprint density at radius 1 is 1.11 bits per heavy atom. The second kappa shape index (κ2) is 7.75. The van der Waals surface area contributed by atoms with Crippen molar-refractivity contribution in [3.63, 3.8) is 0 Å². The normalized spacial score (nSPS) is 12.3. The molecule has 0 aliphatic heterocycles. The number of hydrogen-bond acceptors (Lipinski definition) is 1. The van der Waals surface area contributed by atoms with Gasteiger partial charge in [-0.2, -0.15) is 0 Å². The molecule has 1 N–H and O–H groups in total. The highest BCUT2D eigenvalue weighted by Gasteiger charge is 2.10. The van der Waals surface area contributed by atoms with Gasteiger partial charge in [0.2, 0.25) is 0 Å². The molecule has 1 nitrogen and oxygen atoms in total. The summed E-state index contributed by atoms with van der Waals surface area (Å²) in [6, 6.07) is 0. The van der Waals surface area contributed by atoms with Crippen molar-refractivity contribution in [3.05, 3.63) is 0 Å². The minimum Gasteiger partial charge on any atom is -0.323 e. The lowest BCUT2D eigenvalue weighted by atomic mass is 10.5. The van der Waals surface area contributed by atoms with Gasteiger partial charge in [-0.3, -0.25) is 0 Å². The molecule has 0 spiro atoms. The van der Waals surface area contributed by atoms with Crippen LogP contribution in [0.5, 0.6) is 0 Å². The van der Waals surface area contributed by atoms with E-state index < -0.39 is 12.6 Å². The van der Waals surface area contributed by atoms with Crippen LogP contribution in [0.25, 0.3) is 0 Å². The van der Waals surface area contributed by atoms with Gasteiger partial charge in [-0.15, -0.1) is 0 Å². The first-order valence-corrected chi connectivity index (χ1v) is 2.57. The summed E-state index contributed by atoms with van der Waals surface area (Å²) in [4.78, 5) is 0. The molecule has 0 aliphatic rings. The second-order valence-corrected chi connectivity index (χ2v) is 1.51. The summed E-state index contributed by atoms with van der Waals surface area (Å²) in [6.07, 6.45) is -4.80. The predicted octanol–water partition coefficient (Wildman–Crippen LogP) is 1.45. The van der Waals surface area contributed by atoms with Crippen LogP contribution in [0, 0.1) is 0 Å². The van der Waals surface area contributed by atoms with Crippen LogP contribution >= 0.6 is 0 Å². The molecule has 0 saturated carbocycles. The highest BCUT2D eigenvalue weighted by Crippen LogP contribution is 2.01. The molecule has 0 aromatic heterocycles. The van der Waals surface area contributed by atoms with E-state index in [1.165, 1.54) is 0 Å². The van der Waals surface area contributed by atoms with Crippen molar-refractivity contribution >= 4 is 0 Å². The van der Waals surface area contributed by atoms with Crippen molar-refractivity contribution in [3.8, 4) is 0 Å². The molecule has 0 saturated heterocycles. The standard InChI is InChI=1S/C3H5F3.C2H7N/c1-2(4)3(5)6;1-3-2/h2-3H,1H3;3H,1-2H3. The van der Waals surface area contributed by atoms with E-state index in [1.807, 2.05) is 14.1 Å². The second-order valence-electron chi connectivity index (χ2n) is 1.51. The first kappa shape index (κ1) is 11.5. The Hall–Kier alpha value is -0.250. The summed E-state index contributed by atoms with van der Waals surface area (Å²) in [5, 5.41) is 2.75. The molecule has 1 unspecified atom stereocenters. The summed E-state index contributed by atoms with van der Waals surface area (Å²) in [7, 11) is 3.75. The smallest absolute Gasteiger partial charge is 0.269 e. The zero-order valence-corrected chi connectivity index (χ0v) is 5.79. The molecule has 0 aromatic rings. The molecule has 1 atom stereocenters. The maximum atomic E-state index is 11.1. The fourth-order valence-electron chi connectivity index (χ4n) is 0. The van der Waals surface area contributed by atoms with Gasteiger partial charge in [-0.25, -0.2) is 13.2 Å². The topological polar surface area (TPSA) is 12.0 Å². The van der Waals surface area contributed by atoms with Crippen molar-refractivity contribution in [1.29, 1.82) is 0 Å². The number of nitrogens with one attached hydrogen (secondary N) is 1. The van der Waals surface area contributed by atoms with Crippen molar-refractivity contribution < 1.29 is 13.2 Å². The maximum absolute atomic E-state index is 11.1. The van der Waals surface area contributed by atoms with Gasteiger partial charge in [0, 0.05) is 0 Å². The molecule has 0 fully saturated rings. The van der Waals surface area contributed by atoms with E-state index in [0.717, 1.165) is 6.92 Å². The zero-order valence-electron chi connectivity index (χ0n) is 5.79. The molecule has 0 aliphatic carbocycles. The van der Waals surface area contributed by atoms with Gasteiger partial charge in [-0.1, -0.05) is 0 Å². The Morgan fingerprint density at radius 3 is 1.22 bits per heavy atom. The van der Waals surface area contributed by atoms with E-state index in [-0.39, 0.29) is 0 Å². The fraction of sp³-hybridized carbons (Fsp3) is 1.00. The minimum absolute atomic E-state index is 0.824. The lowest BCUT2D eigenvalue weighted by Gasteiger charge is -1.93. The van der Waals surface area contributed by atoms with Gasteiger partial charge in [0.15, 0.2) is 6.17 Å². The van der Waals surface area contributed by atoms with Crippen molar-refractivity contribution in [2.24, 2.45) is 0 Å². The molecular weight excluding hydrogens is 131 g/mol. The molecule has 9 heavy (non-hydrogen) atoms. The van der Waals surface area contributed by atoms with E-state index >= 15 is 0 Å². The van der Waals surface area contributed by atoms with Crippen LogP contribution < -0.4 is 5.32 Å². The Morgan fingerprint density at radius 2 is 1.22 bits per heavy atom. The molecule has 0 rings (SSSR count). The van der Waals surface area contributed by atoms with Gasteiger partial charge in [0.25, 0.3) is 6.43 Å². The number of hydrogen-bond donors (Lipinski definition) is 1. The summed E-state index contributed by atoms with van der Waals surface area (Å²) >= 11 is 0. The third-order valence-electron chi connectivity index (χ3n) is 0.347. The van der Waals surface area contributed by atoms with Crippen LogP contribution in [0.15, 0.2) is 0 Å². The molecule has 58 valence electrons. The minimum atomic E-state index is -2.81. The van der Waals surface area contributed by atoms with Crippen LogP contribution in [0.1, 0.15) is 6.92 Å². The van der Waals surface area contributed by atoms with Crippen molar-refractivity contribution in [2.45, 2.75) is 19.5 Å². The van der Waals surface area contributed by atoms with E-state index in [4.69, 9.17) is 0 Å². The molecule has 0 radical (unpaired) electrons. The van der Waals surface area contributed by atoms with E-state index in [1.54, 1.807) is 0 Å². The Bertz CT molecular complexity index is 41.5. The monoisotopic (exact) mass is 143 g/mol. The summed E-state index contributed by atoms with van der Waals surface area (Å²) < 4.78 is 32.6. The van der Waals surface area contributed by atoms with Gasteiger partial charge in [-0.05, 0) is 21.0 Å². The fourth-order valence-corrected chi connectivity index (χ4v) is 0. The number of rotatable bonds is 1. The van der Waals surface area contributed by atoms with Crippen molar-refractivity contribution in [2.75, 3.05) is 14.1 Å². The van der Waals surface area contributed by atoms with Crippen LogP contribution in [0.2, 0.25) is 0 Å². The molecule has 0 bridgehead atoms. The average molecular weight is 143 g/mol.